The average molecular weight is 1510 g/mol. The van der Waals surface area contributed by atoms with E-state index < -0.39 is 168 Å². The number of nitrogens with two attached hydrogens (primary N) is 2. The number of unbranched alkanes of at least 4 members (excludes halogenated alkanes) is 2. The van der Waals surface area contributed by atoms with Crippen molar-refractivity contribution in [2.24, 2.45) is 23.3 Å². The number of hydrogen-bond acceptors (Lipinski definition) is 18. The summed E-state index contributed by atoms with van der Waals surface area (Å²) in [6.45, 7) is 10.5. The predicted octanol–water partition coefficient (Wildman–Crippen LogP) is 1.79. The summed E-state index contributed by atoms with van der Waals surface area (Å²) in [7, 11) is 2.05. The smallest absolute Gasteiger partial charge is 0.303 e. The van der Waals surface area contributed by atoms with Crippen molar-refractivity contribution in [3.63, 3.8) is 0 Å². The number of amides is 12. The number of carbonyl (C=O) groups is 13. The third-order valence-corrected chi connectivity index (χ3v) is 20.9. The molecule has 32 heteroatoms. The maximum atomic E-state index is 16.0. The summed E-state index contributed by atoms with van der Waals surface area (Å²) in [5.41, 5.74) is 13.9. The summed E-state index contributed by atoms with van der Waals surface area (Å²) >= 11 is 0. The van der Waals surface area contributed by atoms with Gasteiger partial charge in [0.2, 0.25) is 70.9 Å². The number of aromatic amines is 1. The molecule has 13 atom stereocenters. The number of aromatic nitrogens is 2. The number of carboxylic acid groups (broad SMARTS) is 1. The maximum absolute atomic E-state index is 16.0. The second-order valence-corrected chi connectivity index (χ2v) is 29.9. The van der Waals surface area contributed by atoms with E-state index in [4.69, 9.17) is 11.5 Å². The topological polar surface area (TPSA) is 467 Å². The quantitative estimate of drug-likeness (QED) is 0.0239. The molecule has 0 bridgehead atoms. The largest absolute Gasteiger partial charge is 0.481 e. The molecule has 578 valence electrons. The number of rotatable bonds is 33. The first kappa shape index (κ1) is 85.5. The van der Waals surface area contributed by atoms with Crippen molar-refractivity contribution in [1.29, 1.82) is 0 Å². The van der Waals surface area contributed by atoms with E-state index in [0.717, 1.165) is 27.2 Å². The molecule has 106 heavy (non-hydrogen) atoms. The van der Waals surface area contributed by atoms with Gasteiger partial charge in [0.15, 0.2) is 0 Å². The number of carbonyl (C=O) groups excluding carboxylic acids is 12. The number of benzene rings is 3. The van der Waals surface area contributed by atoms with Crippen molar-refractivity contribution >= 4 is 98.4 Å². The van der Waals surface area contributed by atoms with Gasteiger partial charge in [-0.2, -0.15) is 0 Å². The SMILES string of the molecule is CCCC[C@@H]1NC(=O)[C@H]([C@@H](C)CC)NC(=O)[C@@H](NC(=O)C2CCCN2C(=O)[C@@H](NC(=O)[C@H](Cc2cnc[nH]2)NC(=O)[C@@H](NC(=O)C(CCC(=O)O)NC(=O)CC(C)C)C(C)O)C(c2ccccc2)c2ccccc2)CSSC[C@@H](C(N)=O)NC(=O)[C@@H](CCCCN)NC(=O)C[C@H](Cc2ccccc2)NC1=O. The molecule has 2 fully saturated rings. The number of imidazole rings is 1. The number of aliphatic hydroxyl groups excluding tert-OH is 1. The van der Waals surface area contributed by atoms with E-state index in [2.05, 4.69) is 63.1 Å². The minimum atomic E-state index is -1.80. The molecule has 17 N–H and O–H groups in total. The molecule has 0 aliphatic carbocycles. The first-order valence-corrected chi connectivity index (χ1v) is 38.8. The van der Waals surface area contributed by atoms with E-state index in [1.165, 1.54) is 24.3 Å². The number of likely N-dealkylation sites (tertiary alicyclic amines) is 1. The molecular weight excluding hydrogens is 1400 g/mol. The molecule has 0 saturated carbocycles. The Morgan fingerprint density at radius 1 is 0.689 bits per heavy atom. The zero-order chi connectivity index (χ0) is 77.4. The second kappa shape index (κ2) is 43.9. The Bertz CT molecular complexity index is 3520. The number of H-pyrrole nitrogens is 1. The van der Waals surface area contributed by atoms with Crippen LogP contribution in [0.15, 0.2) is 104 Å². The van der Waals surface area contributed by atoms with E-state index >= 15 is 19.2 Å². The Morgan fingerprint density at radius 2 is 1.30 bits per heavy atom. The molecule has 12 amide bonds. The summed E-state index contributed by atoms with van der Waals surface area (Å²) in [4.78, 5) is 194. The Kier molecular flexibility index (Phi) is 35.4. The molecule has 3 aromatic carbocycles. The van der Waals surface area contributed by atoms with Crippen LogP contribution in [-0.2, 0) is 75.2 Å². The van der Waals surface area contributed by atoms with Crippen molar-refractivity contribution in [1.82, 2.24) is 68.0 Å². The van der Waals surface area contributed by atoms with Crippen LogP contribution in [0.2, 0.25) is 0 Å². The fraction of sp³-hybridized carbons (Fsp3) is 0.541. The average Bonchev–Trinajstić information content (AvgIpc) is 1.32. The Hall–Kier alpha value is -9.40. The highest BCUT2D eigenvalue weighted by molar-refractivity contribution is 8.76. The van der Waals surface area contributed by atoms with Gasteiger partial charge in [-0.25, -0.2) is 4.98 Å². The number of hydrogen-bond donors (Lipinski definition) is 15. The lowest BCUT2D eigenvalue weighted by Crippen LogP contribution is -2.62. The number of aliphatic carboxylic acids is 1. The molecule has 2 saturated heterocycles. The molecule has 0 radical (unpaired) electrons. The van der Waals surface area contributed by atoms with Crippen LogP contribution >= 0.6 is 21.6 Å². The van der Waals surface area contributed by atoms with Gasteiger partial charge in [0.05, 0.1) is 12.4 Å². The zero-order valence-corrected chi connectivity index (χ0v) is 62.6. The molecule has 6 rings (SSSR count). The van der Waals surface area contributed by atoms with Gasteiger partial charge in [0.1, 0.15) is 60.4 Å². The summed E-state index contributed by atoms with van der Waals surface area (Å²) in [6.07, 6.45) is 2.76. The molecule has 30 nitrogen and oxygen atoms in total. The fourth-order valence-electron chi connectivity index (χ4n) is 12.5. The lowest BCUT2D eigenvalue weighted by atomic mass is 9.84. The van der Waals surface area contributed by atoms with E-state index in [1.807, 2.05) is 44.2 Å². The highest BCUT2D eigenvalue weighted by Gasteiger charge is 2.45. The van der Waals surface area contributed by atoms with Gasteiger partial charge >= 0.3 is 5.97 Å². The summed E-state index contributed by atoms with van der Waals surface area (Å²) < 4.78 is 0. The minimum absolute atomic E-state index is 0.0101. The van der Waals surface area contributed by atoms with Crippen molar-refractivity contribution in [2.45, 2.75) is 216 Å². The molecule has 1 aromatic heterocycles. The molecular formula is C74H105N15O15S2. The summed E-state index contributed by atoms with van der Waals surface area (Å²) in [6, 6.07) is 11.5. The number of nitrogens with one attached hydrogen (secondary N) is 11. The number of carboxylic acids is 1. The second-order valence-electron chi connectivity index (χ2n) is 27.4. The van der Waals surface area contributed by atoms with Gasteiger partial charge in [-0.15, -0.1) is 0 Å². The van der Waals surface area contributed by atoms with E-state index in [0.29, 0.717) is 55.5 Å². The van der Waals surface area contributed by atoms with E-state index in [-0.39, 0.29) is 81.8 Å². The van der Waals surface area contributed by atoms with Crippen LogP contribution in [0.4, 0.5) is 0 Å². The van der Waals surface area contributed by atoms with Crippen molar-refractivity contribution in [3.05, 3.63) is 126 Å². The minimum Gasteiger partial charge on any atom is -0.481 e. The first-order chi connectivity index (χ1) is 50.7. The van der Waals surface area contributed by atoms with Gasteiger partial charge in [0.25, 0.3) is 0 Å². The maximum Gasteiger partial charge on any atom is 0.303 e. The van der Waals surface area contributed by atoms with Crippen LogP contribution in [-0.4, -0.2) is 199 Å². The molecule has 3 heterocycles. The Balaban J connectivity index is 1.37. The standard InChI is InChI=1S/C74H105N15O15S2/c1-7-9-28-52-66(96)79-49(36-46-22-13-10-14-23-46)38-59(92)80-51(29-19-20-33-75)67(97)84-55(65(76)95)40-105-106-41-56(70(100)86-62(44(5)8-2)72(102)82-52)85-71(101)57-30-21-34-89(57)74(104)64(61(47-24-15-11-16-25-47)48-26-17-12-18-27-48)88-69(99)54(37-50-39-77-42-78-50)83-73(103)63(45(6)90)87-68(98)53(31-32-60(93)94)81-58(91)35-43(3)4/h10-18,22-27,39,42-45,49,51-57,61-64,90H,7-9,19-21,28-38,40-41,75H2,1-6H3,(H2,76,95)(H,77,78)(H,79,96)(H,80,92)(H,81,91)(H,82,102)(H,83,103)(H,84,97)(H,85,101)(H,86,100)(H,87,98)(H,88,99)(H,93,94)/t44-,45?,49-,51+,52-,53?,54-,55-,56-,57?,62-,63-,64-/m0/s1. The van der Waals surface area contributed by atoms with Crippen LogP contribution in [0.1, 0.15) is 153 Å². The highest BCUT2D eigenvalue weighted by Crippen LogP contribution is 2.32. The van der Waals surface area contributed by atoms with Gasteiger partial charge in [-0.05, 0) is 93.4 Å². The third kappa shape index (κ3) is 27.2. The number of primary amides is 1. The normalized spacial score (nSPS) is 21.1. The van der Waals surface area contributed by atoms with E-state index in [1.54, 1.807) is 81.4 Å². The van der Waals surface area contributed by atoms with Crippen molar-refractivity contribution in [3.8, 4) is 0 Å². The number of aliphatic hydroxyl groups is 1. The summed E-state index contributed by atoms with van der Waals surface area (Å²) in [5, 5.41) is 48.2. The monoisotopic (exact) mass is 1510 g/mol. The first-order valence-electron chi connectivity index (χ1n) is 36.3. The molecule has 2 aliphatic heterocycles. The molecule has 2 aliphatic rings. The van der Waals surface area contributed by atoms with Crippen LogP contribution in [0.25, 0.3) is 0 Å². The highest BCUT2D eigenvalue weighted by atomic mass is 33.1. The van der Waals surface area contributed by atoms with Crippen LogP contribution in [0.5, 0.6) is 0 Å². The van der Waals surface area contributed by atoms with Crippen LogP contribution in [0, 0.1) is 11.8 Å². The zero-order valence-electron chi connectivity index (χ0n) is 61.0. The Morgan fingerprint density at radius 3 is 1.90 bits per heavy atom. The van der Waals surface area contributed by atoms with Gasteiger partial charge in [-0.1, -0.05) is 166 Å². The number of nitrogens with zero attached hydrogens (tertiary/aromatic N) is 2. The van der Waals surface area contributed by atoms with Crippen LogP contribution in [0.3, 0.4) is 0 Å². The molecule has 0 spiro atoms. The summed E-state index contributed by atoms with van der Waals surface area (Å²) in [5.74, 6) is -12.9. The van der Waals surface area contributed by atoms with Gasteiger partial charge < -0.3 is 84.7 Å². The van der Waals surface area contributed by atoms with Gasteiger partial charge in [0, 0.05) is 67.6 Å². The van der Waals surface area contributed by atoms with Crippen molar-refractivity contribution in [2.75, 3.05) is 24.6 Å². The third-order valence-electron chi connectivity index (χ3n) is 18.4. The fourth-order valence-corrected chi connectivity index (χ4v) is 14.8. The molecule has 4 aromatic rings. The Labute approximate surface area is 626 Å². The van der Waals surface area contributed by atoms with E-state index in [9.17, 15) is 53.4 Å². The molecule has 3 unspecified atom stereocenters. The lowest BCUT2D eigenvalue weighted by Gasteiger charge is -2.35. The van der Waals surface area contributed by atoms with Gasteiger partial charge in [-0.3, -0.25) is 62.3 Å². The lowest BCUT2D eigenvalue weighted by molar-refractivity contribution is -0.143. The van der Waals surface area contributed by atoms with Crippen molar-refractivity contribution < 1.29 is 72.5 Å². The van der Waals surface area contributed by atoms with Crippen LogP contribution < -0.4 is 64.6 Å². The predicted molar refractivity (Wildman–Crippen MR) is 400 cm³/mol.